The van der Waals surface area contributed by atoms with Crippen LogP contribution in [0.3, 0.4) is 0 Å². The number of hydrogen-bond acceptors (Lipinski definition) is 2. The fraction of sp³-hybridized carbons (Fsp3) is 0.909. The fourth-order valence-electron chi connectivity index (χ4n) is 1.54. The molecule has 0 aromatic heterocycles. The van der Waals surface area contributed by atoms with E-state index in [1.165, 1.54) is 19.8 Å². The molecular weight excluding hydrogens is 164 g/mol. The summed E-state index contributed by atoms with van der Waals surface area (Å²) in [6.07, 6.45) is 3.45. The van der Waals surface area contributed by atoms with E-state index < -0.39 is 0 Å². The Morgan fingerprint density at radius 1 is 1.31 bits per heavy atom. The monoisotopic (exact) mass is 186 g/mol. The molecule has 1 unspecified atom stereocenters. The maximum atomic E-state index is 10.5. The summed E-state index contributed by atoms with van der Waals surface area (Å²) in [5.41, 5.74) is 0. The number of carbonyl (C=O) groups is 1. The Hall–Kier alpha value is -0.530. The average Bonchev–Trinajstić information content (AvgIpc) is 2.02. The van der Waals surface area contributed by atoms with Gasteiger partial charge in [-0.2, -0.15) is 0 Å². The minimum atomic E-state index is -0.168. The van der Waals surface area contributed by atoms with E-state index in [1.54, 1.807) is 0 Å². The maximum absolute atomic E-state index is 10.5. The van der Waals surface area contributed by atoms with Gasteiger partial charge in [0, 0.05) is 6.92 Å². The van der Waals surface area contributed by atoms with E-state index in [-0.39, 0.29) is 5.97 Å². The number of ether oxygens (including phenoxy) is 1. The quantitative estimate of drug-likeness (QED) is 0.596. The molecule has 78 valence electrons. The van der Waals surface area contributed by atoms with Gasteiger partial charge in [0.25, 0.3) is 0 Å². The van der Waals surface area contributed by atoms with Crippen molar-refractivity contribution in [3.8, 4) is 0 Å². The molecule has 0 amide bonds. The molecule has 0 aliphatic carbocycles. The molecule has 0 spiro atoms. The lowest BCUT2D eigenvalue weighted by atomic mass is 9.89. The van der Waals surface area contributed by atoms with E-state index in [1.807, 2.05) is 0 Å². The third-order valence-electron chi connectivity index (χ3n) is 2.40. The number of esters is 1. The van der Waals surface area contributed by atoms with Crippen molar-refractivity contribution in [1.82, 2.24) is 0 Å². The molecule has 13 heavy (non-hydrogen) atoms. The van der Waals surface area contributed by atoms with Gasteiger partial charge < -0.3 is 4.74 Å². The van der Waals surface area contributed by atoms with Crippen LogP contribution < -0.4 is 0 Å². The normalized spacial score (nSPS) is 13.0. The van der Waals surface area contributed by atoms with E-state index in [9.17, 15) is 4.79 Å². The highest BCUT2D eigenvalue weighted by atomic mass is 16.5. The van der Waals surface area contributed by atoms with Crippen molar-refractivity contribution in [2.75, 3.05) is 6.61 Å². The molecule has 0 bridgehead atoms. The molecule has 0 saturated carbocycles. The topological polar surface area (TPSA) is 26.3 Å². The SMILES string of the molecule is CCCC(CCOC(C)=O)C(C)C. The molecule has 0 saturated heterocycles. The Labute approximate surface area is 81.7 Å². The van der Waals surface area contributed by atoms with Gasteiger partial charge in [0.15, 0.2) is 0 Å². The van der Waals surface area contributed by atoms with E-state index in [4.69, 9.17) is 4.74 Å². The van der Waals surface area contributed by atoms with Gasteiger partial charge in [0.1, 0.15) is 0 Å². The van der Waals surface area contributed by atoms with Gasteiger partial charge in [0.2, 0.25) is 0 Å². The largest absolute Gasteiger partial charge is 0.466 e. The average molecular weight is 186 g/mol. The summed E-state index contributed by atoms with van der Waals surface area (Å²) < 4.78 is 4.93. The fourth-order valence-corrected chi connectivity index (χ4v) is 1.54. The van der Waals surface area contributed by atoms with Gasteiger partial charge in [-0.25, -0.2) is 0 Å². The summed E-state index contributed by atoms with van der Waals surface area (Å²) in [7, 11) is 0. The maximum Gasteiger partial charge on any atom is 0.302 e. The highest BCUT2D eigenvalue weighted by Crippen LogP contribution is 2.20. The van der Waals surface area contributed by atoms with Gasteiger partial charge in [0.05, 0.1) is 6.61 Å². The standard InChI is InChI=1S/C11H22O2/c1-5-6-11(9(2)3)7-8-13-10(4)12/h9,11H,5-8H2,1-4H3. The molecule has 0 rings (SSSR count). The number of carbonyl (C=O) groups excluding carboxylic acids is 1. The molecule has 1 atom stereocenters. The first kappa shape index (κ1) is 12.5. The minimum Gasteiger partial charge on any atom is -0.466 e. The van der Waals surface area contributed by atoms with Crippen LogP contribution in [0.5, 0.6) is 0 Å². The van der Waals surface area contributed by atoms with Crippen molar-refractivity contribution in [2.24, 2.45) is 11.8 Å². The van der Waals surface area contributed by atoms with Crippen LogP contribution in [-0.2, 0) is 9.53 Å². The molecule has 0 fully saturated rings. The summed E-state index contributed by atoms with van der Waals surface area (Å²) in [6, 6.07) is 0. The van der Waals surface area contributed by atoms with Crippen molar-refractivity contribution in [2.45, 2.75) is 47.0 Å². The van der Waals surface area contributed by atoms with Gasteiger partial charge in [-0.1, -0.05) is 33.6 Å². The summed E-state index contributed by atoms with van der Waals surface area (Å²) in [6.45, 7) is 8.70. The second-order valence-electron chi connectivity index (χ2n) is 3.92. The summed E-state index contributed by atoms with van der Waals surface area (Å²) in [5.74, 6) is 1.22. The third kappa shape index (κ3) is 6.62. The second-order valence-corrected chi connectivity index (χ2v) is 3.92. The minimum absolute atomic E-state index is 0.168. The van der Waals surface area contributed by atoms with Crippen LogP contribution in [0, 0.1) is 11.8 Å². The predicted molar refractivity (Wildman–Crippen MR) is 54.5 cm³/mol. The van der Waals surface area contributed by atoms with E-state index in [0.29, 0.717) is 18.4 Å². The van der Waals surface area contributed by atoms with Crippen LogP contribution in [0.15, 0.2) is 0 Å². The first-order valence-electron chi connectivity index (χ1n) is 5.21. The van der Waals surface area contributed by atoms with E-state index in [2.05, 4.69) is 20.8 Å². The molecule has 2 heteroatoms. The molecule has 0 heterocycles. The first-order chi connectivity index (χ1) is 6.07. The van der Waals surface area contributed by atoms with Gasteiger partial charge in [-0.15, -0.1) is 0 Å². The van der Waals surface area contributed by atoms with Crippen LogP contribution in [0.4, 0.5) is 0 Å². The van der Waals surface area contributed by atoms with Crippen LogP contribution >= 0.6 is 0 Å². The van der Waals surface area contributed by atoms with Crippen LogP contribution in [0.25, 0.3) is 0 Å². The highest BCUT2D eigenvalue weighted by molar-refractivity contribution is 5.65. The zero-order chi connectivity index (χ0) is 10.3. The Balaban J connectivity index is 3.62. The number of hydrogen-bond donors (Lipinski definition) is 0. The molecule has 0 radical (unpaired) electrons. The Kier molecular flexibility index (Phi) is 6.65. The van der Waals surface area contributed by atoms with Crippen molar-refractivity contribution >= 4 is 5.97 Å². The molecule has 0 N–H and O–H groups in total. The molecule has 0 aliphatic heterocycles. The van der Waals surface area contributed by atoms with Crippen LogP contribution in [-0.4, -0.2) is 12.6 Å². The van der Waals surface area contributed by atoms with Gasteiger partial charge >= 0.3 is 5.97 Å². The zero-order valence-electron chi connectivity index (χ0n) is 9.30. The van der Waals surface area contributed by atoms with E-state index in [0.717, 1.165) is 6.42 Å². The van der Waals surface area contributed by atoms with Gasteiger partial charge in [-0.05, 0) is 18.3 Å². The smallest absolute Gasteiger partial charge is 0.302 e. The summed E-state index contributed by atoms with van der Waals surface area (Å²) in [4.78, 5) is 10.5. The molecule has 0 aliphatic rings. The van der Waals surface area contributed by atoms with Crippen LogP contribution in [0.1, 0.15) is 47.0 Å². The molecule has 0 aromatic rings. The lowest BCUT2D eigenvalue weighted by Gasteiger charge is -2.19. The Bertz CT molecular complexity index is 141. The van der Waals surface area contributed by atoms with Crippen molar-refractivity contribution in [3.63, 3.8) is 0 Å². The number of rotatable bonds is 6. The predicted octanol–water partition coefficient (Wildman–Crippen LogP) is 3.01. The van der Waals surface area contributed by atoms with Crippen molar-refractivity contribution < 1.29 is 9.53 Å². The highest BCUT2D eigenvalue weighted by Gasteiger charge is 2.12. The summed E-state index contributed by atoms with van der Waals surface area (Å²) in [5, 5.41) is 0. The molecule has 2 nitrogen and oxygen atoms in total. The van der Waals surface area contributed by atoms with Gasteiger partial charge in [-0.3, -0.25) is 4.79 Å². The Morgan fingerprint density at radius 3 is 2.31 bits per heavy atom. The van der Waals surface area contributed by atoms with E-state index >= 15 is 0 Å². The first-order valence-corrected chi connectivity index (χ1v) is 5.21. The molecule has 0 aromatic carbocycles. The van der Waals surface area contributed by atoms with Crippen molar-refractivity contribution in [1.29, 1.82) is 0 Å². The summed E-state index contributed by atoms with van der Waals surface area (Å²) >= 11 is 0. The zero-order valence-corrected chi connectivity index (χ0v) is 9.30. The molecular formula is C11H22O2. The van der Waals surface area contributed by atoms with Crippen molar-refractivity contribution in [3.05, 3.63) is 0 Å². The van der Waals surface area contributed by atoms with Crippen LogP contribution in [0.2, 0.25) is 0 Å². The lowest BCUT2D eigenvalue weighted by molar-refractivity contribution is -0.141. The lowest BCUT2D eigenvalue weighted by Crippen LogP contribution is -2.12. The third-order valence-corrected chi connectivity index (χ3v) is 2.40. The Morgan fingerprint density at radius 2 is 1.92 bits per heavy atom. The second kappa shape index (κ2) is 6.93.